The van der Waals surface area contributed by atoms with Crippen molar-refractivity contribution in [1.29, 1.82) is 0 Å². The van der Waals surface area contributed by atoms with Gasteiger partial charge in [0.25, 0.3) is 0 Å². The average molecular weight is 264 g/mol. The fourth-order valence-corrected chi connectivity index (χ4v) is 2.04. The summed E-state index contributed by atoms with van der Waals surface area (Å²) in [4.78, 5) is 18.1. The van der Waals surface area contributed by atoms with Crippen LogP contribution in [-0.2, 0) is 9.53 Å². The first-order chi connectivity index (χ1) is 9.29. The Morgan fingerprint density at radius 1 is 1.42 bits per heavy atom. The van der Waals surface area contributed by atoms with Crippen molar-refractivity contribution in [3.05, 3.63) is 18.3 Å². The number of carbonyl (C=O) groups is 1. The predicted octanol–water partition coefficient (Wildman–Crippen LogP) is 0.596. The number of hydrogen-bond acceptors (Lipinski definition) is 5. The molecule has 0 unspecified atom stereocenters. The van der Waals surface area contributed by atoms with E-state index in [2.05, 4.69) is 15.2 Å². The number of pyridine rings is 1. The number of anilines is 2. The number of nitrogens with zero attached hydrogens (tertiary/aromatic N) is 2. The molecule has 6 nitrogen and oxygen atoms in total. The zero-order valence-corrected chi connectivity index (χ0v) is 11.0. The van der Waals surface area contributed by atoms with Gasteiger partial charge < -0.3 is 20.7 Å². The number of carbonyl (C=O) groups excluding carboxylic acids is 1. The summed E-state index contributed by atoms with van der Waals surface area (Å²) in [6, 6.07) is 3.79. The molecule has 1 aromatic heterocycles. The van der Waals surface area contributed by atoms with Crippen molar-refractivity contribution in [3.63, 3.8) is 0 Å². The molecule has 0 radical (unpaired) electrons. The highest BCUT2D eigenvalue weighted by Gasteiger charge is 2.13. The zero-order valence-electron chi connectivity index (χ0n) is 11.0. The number of nitrogens with one attached hydrogen (secondary N) is 1. The fourth-order valence-electron chi connectivity index (χ4n) is 2.04. The maximum atomic E-state index is 11.5. The molecular weight excluding hydrogens is 244 g/mol. The van der Waals surface area contributed by atoms with E-state index in [9.17, 15) is 4.79 Å². The van der Waals surface area contributed by atoms with E-state index in [1.54, 1.807) is 6.20 Å². The van der Waals surface area contributed by atoms with Gasteiger partial charge in [0.05, 0.1) is 18.5 Å². The largest absolute Gasteiger partial charge is 0.370 e. The minimum atomic E-state index is -0.191. The number of amides is 1. The van der Waals surface area contributed by atoms with Crippen molar-refractivity contribution in [2.45, 2.75) is 12.8 Å². The van der Waals surface area contributed by atoms with E-state index in [1.165, 1.54) is 12.8 Å². The van der Waals surface area contributed by atoms with Gasteiger partial charge in [0, 0.05) is 19.6 Å². The molecule has 1 aliphatic rings. The quantitative estimate of drug-likeness (QED) is 0.735. The summed E-state index contributed by atoms with van der Waals surface area (Å²) in [7, 11) is 0. The highest BCUT2D eigenvalue weighted by molar-refractivity contribution is 5.91. The van der Waals surface area contributed by atoms with Crippen LogP contribution < -0.4 is 16.0 Å². The summed E-state index contributed by atoms with van der Waals surface area (Å²) in [5.74, 6) is 0.777. The summed E-state index contributed by atoms with van der Waals surface area (Å²) in [6.45, 7) is 2.95. The number of ether oxygens (including phenoxy) is 1. The van der Waals surface area contributed by atoms with Gasteiger partial charge in [-0.15, -0.1) is 0 Å². The van der Waals surface area contributed by atoms with Crippen molar-refractivity contribution in [2.75, 3.05) is 43.1 Å². The second-order valence-corrected chi connectivity index (χ2v) is 4.49. The summed E-state index contributed by atoms with van der Waals surface area (Å²) in [5, 5.41) is 2.73. The smallest absolute Gasteiger partial charge is 0.250 e. The van der Waals surface area contributed by atoms with Crippen molar-refractivity contribution in [3.8, 4) is 0 Å². The molecule has 0 aliphatic carbocycles. The van der Waals surface area contributed by atoms with Crippen LogP contribution in [0.25, 0.3) is 0 Å². The Hall–Kier alpha value is -1.66. The SMILES string of the molecule is NCCOCC(=O)Nc1ccc(N2CCCC2)nc1. The Kier molecular flexibility index (Phi) is 5.11. The second-order valence-electron chi connectivity index (χ2n) is 4.49. The van der Waals surface area contributed by atoms with E-state index >= 15 is 0 Å². The Morgan fingerprint density at radius 2 is 2.21 bits per heavy atom. The van der Waals surface area contributed by atoms with E-state index in [4.69, 9.17) is 10.5 Å². The van der Waals surface area contributed by atoms with E-state index in [-0.39, 0.29) is 12.5 Å². The third-order valence-electron chi connectivity index (χ3n) is 2.96. The Balaban J connectivity index is 1.82. The van der Waals surface area contributed by atoms with Gasteiger partial charge >= 0.3 is 0 Å². The van der Waals surface area contributed by atoms with Gasteiger partial charge in [-0.2, -0.15) is 0 Å². The minimum Gasteiger partial charge on any atom is -0.370 e. The van der Waals surface area contributed by atoms with E-state index in [1.807, 2.05) is 12.1 Å². The molecule has 0 bridgehead atoms. The monoisotopic (exact) mass is 264 g/mol. The number of aromatic nitrogens is 1. The third-order valence-corrected chi connectivity index (χ3v) is 2.96. The molecule has 2 heterocycles. The number of hydrogen-bond donors (Lipinski definition) is 2. The minimum absolute atomic E-state index is 0.0189. The van der Waals surface area contributed by atoms with Crippen molar-refractivity contribution >= 4 is 17.4 Å². The van der Waals surface area contributed by atoms with Crippen LogP contribution in [0, 0.1) is 0 Å². The molecule has 0 aromatic carbocycles. The van der Waals surface area contributed by atoms with E-state index in [0.717, 1.165) is 18.9 Å². The topological polar surface area (TPSA) is 80.5 Å². The Bertz CT molecular complexity index is 402. The summed E-state index contributed by atoms with van der Waals surface area (Å²) >= 11 is 0. The standard InChI is InChI=1S/C13H20N4O2/c14-5-8-19-10-13(18)16-11-3-4-12(15-9-11)17-6-1-2-7-17/h3-4,9H,1-2,5-8,10,14H2,(H,16,18). The maximum absolute atomic E-state index is 11.5. The molecule has 0 spiro atoms. The van der Waals surface area contributed by atoms with Gasteiger partial charge in [-0.3, -0.25) is 4.79 Å². The summed E-state index contributed by atoms with van der Waals surface area (Å²) < 4.78 is 5.06. The van der Waals surface area contributed by atoms with Crippen LogP contribution in [-0.4, -0.2) is 43.7 Å². The molecule has 2 rings (SSSR count). The molecule has 1 aromatic rings. The first-order valence-electron chi connectivity index (χ1n) is 6.58. The third kappa shape index (κ3) is 4.18. The molecule has 1 saturated heterocycles. The molecule has 3 N–H and O–H groups in total. The van der Waals surface area contributed by atoms with Gasteiger partial charge in [0.1, 0.15) is 12.4 Å². The highest BCUT2D eigenvalue weighted by Crippen LogP contribution is 2.18. The van der Waals surface area contributed by atoms with E-state index in [0.29, 0.717) is 18.8 Å². The van der Waals surface area contributed by atoms with Crippen LogP contribution in [0.2, 0.25) is 0 Å². The Morgan fingerprint density at radius 3 is 2.84 bits per heavy atom. The van der Waals surface area contributed by atoms with Gasteiger partial charge in [-0.25, -0.2) is 4.98 Å². The lowest BCUT2D eigenvalue weighted by molar-refractivity contribution is -0.120. The summed E-state index contributed by atoms with van der Waals surface area (Å²) in [5.41, 5.74) is 5.96. The lowest BCUT2D eigenvalue weighted by Crippen LogP contribution is -2.21. The van der Waals surface area contributed by atoms with Crippen LogP contribution in [0.4, 0.5) is 11.5 Å². The summed E-state index contributed by atoms with van der Waals surface area (Å²) in [6.07, 6.45) is 4.12. The maximum Gasteiger partial charge on any atom is 0.250 e. The highest BCUT2D eigenvalue weighted by atomic mass is 16.5. The second kappa shape index (κ2) is 7.06. The van der Waals surface area contributed by atoms with Crippen LogP contribution in [0.1, 0.15) is 12.8 Å². The van der Waals surface area contributed by atoms with Gasteiger partial charge in [0.2, 0.25) is 5.91 Å². The first-order valence-corrected chi connectivity index (χ1v) is 6.58. The molecular formula is C13H20N4O2. The lowest BCUT2D eigenvalue weighted by Gasteiger charge is -2.16. The van der Waals surface area contributed by atoms with Crippen molar-refractivity contribution in [2.24, 2.45) is 5.73 Å². The normalized spacial score (nSPS) is 14.7. The van der Waals surface area contributed by atoms with Crippen molar-refractivity contribution < 1.29 is 9.53 Å². The number of nitrogens with two attached hydrogens (primary N) is 1. The Labute approximate surface area is 112 Å². The van der Waals surface area contributed by atoms with E-state index < -0.39 is 0 Å². The fraction of sp³-hybridized carbons (Fsp3) is 0.538. The molecule has 19 heavy (non-hydrogen) atoms. The lowest BCUT2D eigenvalue weighted by atomic mass is 10.4. The molecule has 0 saturated carbocycles. The molecule has 0 atom stereocenters. The van der Waals surface area contributed by atoms with Gasteiger partial charge in [-0.05, 0) is 25.0 Å². The molecule has 1 aliphatic heterocycles. The molecule has 1 fully saturated rings. The molecule has 104 valence electrons. The van der Waals surface area contributed by atoms with Crippen LogP contribution >= 0.6 is 0 Å². The molecule has 6 heteroatoms. The average Bonchev–Trinajstić information content (AvgIpc) is 2.94. The number of rotatable bonds is 6. The first kappa shape index (κ1) is 13.8. The van der Waals surface area contributed by atoms with Gasteiger partial charge in [-0.1, -0.05) is 0 Å². The predicted molar refractivity (Wildman–Crippen MR) is 74.2 cm³/mol. The van der Waals surface area contributed by atoms with Crippen LogP contribution in [0.15, 0.2) is 18.3 Å². The van der Waals surface area contributed by atoms with Crippen LogP contribution in [0.3, 0.4) is 0 Å². The van der Waals surface area contributed by atoms with Gasteiger partial charge in [0.15, 0.2) is 0 Å². The van der Waals surface area contributed by atoms with Crippen molar-refractivity contribution in [1.82, 2.24) is 4.98 Å². The zero-order chi connectivity index (χ0) is 13.5. The van der Waals surface area contributed by atoms with Crippen LogP contribution in [0.5, 0.6) is 0 Å². The molecule has 1 amide bonds.